The van der Waals surface area contributed by atoms with Gasteiger partial charge in [-0.1, -0.05) is 11.3 Å². The molecule has 0 aliphatic heterocycles. The molecular formula is C13H19N3O3S. The number of nitrogens with two attached hydrogens (primary N) is 1. The first-order valence-corrected chi connectivity index (χ1v) is 7.31. The summed E-state index contributed by atoms with van der Waals surface area (Å²) in [6, 6.07) is 3.67. The summed E-state index contributed by atoms with van der Waals surface area (Å²) >= 11 is 1.41. The quantitative estimate of drug-likeness (QED) is 0.662. The number of aromatic nitrogens is 1. The molecule has 6 nitrogen and oxygen atoms in total. The molecule has 1 heterocycles. The Morgan fingerprint density at radius 3 is 2.60 bits per heavy atom. The van der Waals surface area contributed by atoms with Gasteiger partial charge in [-0.2, -0.15) is 0 Å². The second-order valence-electron chi connectivity index (χ2n) is 4.20. The summed E-state index contributed by atoms with van der Waals surface area (Å²) in [5.74, 6) is 0. The molecule has 0 bridgehead atoms. The average molecular weight is 297 g/mol. The third-order valence-electron chi connectivity index (χ3n) is 2.88. The SMILES string of the molecule is CCOc1nc2c(N(CCO)CCO)ccc(N)c2s1. The van der Waals surface area contributed by atoms with Gasteiger partial charge in [-0.15, -0.1) is 0 Å². The molecule has 1 aromatic heterocycles. The van der Waals surface area contributed by atoms with Gasteiger partial charge in [0.15, 0.2) is 0 Å². The van der Waals surface area contributed by atoms with Gasteiger partial charge in [-0.05, 0) is 19.1 Å². The first-order valence-electron chi connectivity index (χ1n) is 6.49. The fourth-order valence-electron chi connectivity index (χ4n) is 2.03. The van der Waals surface area contributed by atoms with Crippen LogP contribution in [-0.2, 0) is 0 Å². The molecule has 2 aromatic rings. The van der Waals surface area contributed by atoms with E-state index >= 15 is 0 Å². The highest BCUT2D eigenvalue weighted by atomic mass is 32.1. The number of benzene rings is 1. The molecule has 0 radical (unpaired) electrons. The Kier molecular flexibility index (Phi) is 4.99. The van der Waals surface area contributed by atoms with Crippen molar-refractivity contribution in [2.24, 2.45) is 0 Å². The third kappa shape index (κ3) is 2.95. The van der Waals surface area contributed by atoms with Crippen LogP contribution in [0.1, 0.15) is 6.92 Å². The van der Waals surface area contributed by atoms with Crippen molar-refractivity contribution < 1.29 is 14.9 Å². The molecule has 0 saturated carbocycles. The number of ether oxygens (including phenoxy) is 1. The lowest BCUT2D eigenvalue weighted by Crippen LogP contribution is -2.29. The van der Waals surface area contributed by atoms with Crippen LogP contribution in [0.4, 0.5) is 11.4 Å². The molecule has 0 amide bonds. The van der Waals surface area contributed by atoms with E-state index in [-0.39, 0.29) is 13.2 Å². The standard InChI is InChI=1S/C13H19N3O3S/c1-2-19-13-15-11-10(16(5-7-17)6-8-18)4-3-9(14)12(11)20-13/h3-4,17-18H,2,5-8,14H2,1H3. The number of nitrogen functional groups attached to an aromatic ring is 1. The molecule has 1 aromatic carbocycles. The second-order valence-corrected chi connectivity index (χ2v) is 5.16. The number of aliphatic hydroxyl groups is 2. The third-order valence-corrected chi connectivity index (χ3v) is 3.90. The van der Waals surface area contributed by atoms with Crippen molar-refractivity contribution in [3.63, 3.8) is 0 Å². The highest BCUT2D eigenvalue weighted by molar-refractivity contribution is 7.21. The maximum absolute atomic E-state index is 9.15. The number of hydrogen-bond donors (Lipinski definition) is 3. The Labute approximate surface area is 121 Å². The van der Waals surface area contributed by atoms with Crippen molar-refractivity contribution in [1.29, 1.82) is 0 Å². The van der Waals surface area contributed by atoms with Crippen molar-refractivity contribution in [1.82, 2.24) is 4.98 Å². The molecule has 0 fully saturated rings. The highest BCUT2D eigenvalue weighted by Gasteiger charge is 2.16. The first-order chi connectivity index (χ1) is 9.71. The highest BCUT2D eigenvalue weighted by Crippen LogP contribution is 2.37. The van der Waals surface area contributed by atoms with E-state index in [0.29, 0.717) is 30.6 Å². The molecule has 7 heteroatoms. The molecule has 4 N–H and O–H groups in total. The molecule has 0 spiro atoms. The van der Waals surface area contributed by atoms with Crippen LogP contribution < -0.4 is 15.4 Å². The summed E-state index contributed by atoms with van der Waals surface area (Å²) in [7, 11) is 0. The number of thiazole rings is 1. The smallest absolute Gasteiger partial charge is 0.274 e. The van der Waals surface area contributed by atoms with E-state index in [1.807, 2.05) is 24.0 Å². The maximum atomic E-state index is 9.15. The van der Waals surface area contributed by atoms with Crippen LogP contribution in [0.5, 0.6) is 5.19 Å². The van der Waals surface area contributed by atoms with E-state index in [2.05, 4.69) is 4.98 Å². The van der Waals surface area contributed by atoms with Gasteiger partial charge in [-0.3, -0.25) is 0 Å². The summed E-state index contributed by atoms with van der Waals surface area (Å²) in [5.41, 5.74) is 8.23. The molecule has 0 aliphatic carbocycles. The van der Waals surface area contributed by atoms with E-state index < -0.39 is 0 Å². The maximum Gasteiger partial charge on any atom is 0.274 e. The lowest BCUT2D eigenvalue weighted by atomic mass is 10.2. The van der Waals surface area contributed by atoms with Crippen LogP contribution in [-0.4, -0.2) is 48.1 Å². The van der Waals surface area contributed by atoms with Gasteiger partial charge < -0.3 is 25.6 Å². The average Bonchev–Trinajstić information content (AvgIpc) is 2.84. The summed E-state index contributed by atoms with van der Waals surface area (Å²) < 4.78 is 6.30. The molecule has 0 atom stereocenters. The number of hydrogen-bond acceptors (Lipinski definition) is 7. The molecule has 0 saturated heterocycles. The Bertz CT molecular complexity index is 567. The van der Waals surface area contributed by atoms with Crippen molar-refractivity contribution in [3.05, 3.63) is 12.1 Å². The number of aliphatic hydroxyl groups excluding tert-OH is 2. The predicted octanol–water partition coefficient (Wildman–Crippen LogP) is 1.07. The number of nitrogens with zero attached hydrogens (tertiary/aromatic N) is 2. The van der Waals surface area contributed by atoms with E-state index in [1.165, 1.54) is 11.3 Å². The second kappa shape index (κ2) is 6.74. The fraction of sp³-hybridized carbons (Fsp3) is 0.462. The molecule has 0 unspecified atom stereocenters. The molecular weight excluding hydrogens is 278 g/mol. The van der Waals surface area contributed by atoms with Crippen molar-refractivity contribution in [2.75, 3.05) is 43.5 Å². The first kappa shape index (κ1) is 14.8. The van der Waals surface area contributed by atoms with Gasteiger partial charge in [0.2, 0.25) is 0 Å². The van der Waals surface area contributed by atoms with Crippen molar-refractivity contribution in [3.8, 4) is 5.19 Å². The molecule has 110 valence electrons. The van der Waals surface area contributed by atoms with E-state index in [1.54, 1.807) is 0 Å². The normalized spacial score (nSPS) is 10.9. The van der Waals surface area contributed by atoms with Crippen LogP contribution in [0.2, 0.25) is 0 Å². The molecule has 2 rings (SSSR count). The van der Waals surface area contributed by atoms with Crippen LogP contribution in [0.25, 0.3) is 10.2 Å². The fourth-order valence-corrected chi connectivity index (χ4v) is 2.95. The van der Waals surface area contributed by atoms with E-state index in [9.17, 15) is 0 Å². The molecule has 20 heavy (non-hydrogen) atoms. The van der Waals surface area contributed by atoms with Crippen LogP contribution in [0.3, 0.4) is 0 Å². The molecule has 0 aliphatic rings. The van der Waals surface area contributed by atoms with Gasteiger partial charge in [0.05, 0.1) is 35.9 Å². The monoisotopic (exact) mass is 297 g/mol. The Morgan fingerprint density at radius 2 is 2.00 bits per heavy atom. The Hall–Kier alpha value is -1.57. The Morgan fingerprint density at radius 1 is 1.30 bits per heavy atom. The van der Waals surface area contributed by atoms with Gasteiger partial charge >= 0.3 is 0 Å². The van der Waals surface area contributed by atoms with Gasteiger partial charge in [-0.25, -0.2) is 4.98 Å². The largest absolute Gasteiger partial charge is 0.470 e. The minimum Gasteiger partial charge on any atom is -0.470 e. The number of fused-ring (bicyclic) bond motifs is 1. The van der Waals surface area contributed by atoms with Crippen LogP contribution in [0, 0.1) is 0 Å². The summed E-state index contributed by atoms with van der Waals surface area (Å²) in [6.07, 6.45) is 0. The van der Waals surface area contributed by atoms with E-state index in [0.717, 1.165) is 15.9 Å². The van der Waals surface area contributed by atoms with Crippen LogP contribution >= 0.6 is 11.3 Å². The lowest BCUT2D eigenvalue weighted by Gasteiger charge is -2.23. The van der Waals surface area contributed by atoms with Crippen LogP contribution in [0.15, 0.2) is 12.1 Å². The number of rotatable bonds is 7. The zero-order chi connectivity index (χ0) is 14.5. The summed E-state index contributed by atoms with van der Waals surface area (Å²) in [4.78, 5) is 6.35. The minimum atomic E-state index is 0.00826. The van der Waals surface area contributed by atoms with E-state index in [4.69, 9.17) is 20.7 Å². The van der Waals surface area contributed by atoms with Gasteiger partial charge in [0.25, 0.3) is 5.19 Å². The topological polar surface area (TPSA) is 91.8 Å². The predicted molar refractivity (Wildman–Crippen MR) is 81.6 cm³/mol. The van der Waals surface area contributed by atoms with Gasteiger partial charge in [0, 0.05) is 13.1 Å². The minimum absolute atomic E-state index is 0.00826. The Balaban J connectivity index is 2.48. The zero-order valence-corrected chi connectivity index (χ0v) is 12.2. The summed E-state index contributed by atoms with van der Waals surface area (Å²) in [5, 5.41) is 18.9. The van der Waals surface area contributed by atoms with Crippen molar-refractivity contribution >= 4 is 32.9 Å². The summed E-state index contributed by atoms with van der Waals surface area (Å²) in [6.45, 7) is 3.33. The van der Waals surface area contributed by atoms with Gasteiger partial charge in [0.1, 0.15) is 5.52 Å². The lowest BCUT2D eigenvalue weighted by molar-refractivity contribution is 0.281. The number of anilines is 2. The van der Waals surface area contributed by atoms with Crippen molar-refractivity contribution in [2.45, 2.75) is 6.92 Å². The zero-order valence-electron chi connectivity index (χ0n) is 11.4.